The molecule has 25 heavy (non-hydrogen) atoms. The molecule has 2 unspecified atom stereocenters. The number of imidazole rings is 1. The molecule has 2 atom stereocenters. The number of carbonyl (C=O) groups is 2. The highest BCUT2D eigenvalue weighted by atomic mass is 16.2. The smallest absolute Gasteiger partial charge is 0.225 e. The number of aromatic nitrogens is 2. The molecule has 0 radical (unpaired) electrons. The molecule has 134 valence electrons. The predicted molar refractivity (Wildman–Crippen MR) is 97.0 cm³/mol. The van der Waals surface area contributed by atoms with Crippen molar-refractivity contribution in [1.82, 2.24) is 20.2 Å². The summed E-state index contributed by atoms with van der Waals surface area (Å²) >= 11 is 0. The number of amides is 2. The number of hydrogen-bond donors (Lipinski definition) is 2. The number of rotatable bonds is 7. The summed E-state index contributed by atoms with van der Waals surface area (Å²) in [6.07, 6.45) is 2.99. The first-order valence-electron chi connectivity index (χ1n) is 9.09. The molecule has 2 heterocycles. The first kappa shape index (κ1) is 17.5. The number of H-pyrrole nitrogens is 1. The standard InChI is InChI=1S/C19H26N4O2/c1-3-6-13(2)23-12-14(11-18(23)24)19(25)20-10-9-17-21-15-7-4-5-8-16(15)22-17/h4-5,7-8,13-14H,3,6,9-12H2,1-2H3,(H,20,25)(H,21,22). The molecule has 2 N–H and O–H groups in total. The molecule has 1 saturated heterocycles. The van der Waals surface area contributed by atoms with Gasteiger partial charge in [0.25, 0.3) is 0 Å². The van der Waals surface area contributed by atoms with Crippen LogP contribution in [0.2, 0.25) is 0 Å². The Bertz CT molecular complexity index is 722. The third kappa shape index (κ3) is 4.00. The van der Waals surface area contributed by atoms with Gasteiger partial charge in [-0.25, -0.2) is 4.98 Å². The van der Waals surface area contributed by atoms with Crippen LogP contribution in [0.15, 0.2) is 24.3 Å². The molecule has 2 aromatic rings. The molecule has 2 amide bonds. The van der Waals surface area contributed by atoms with Crippen LogP contribution < -0.4 is 5.32 Å². The molecule has 3 rings (SSSR count). The second-order valence-electron chi connectivity index (χ2n) is 6.83. The van der Waals surface area contributed by atoms with Crippen molar-refractivity contribution in [3.05, 3.63) is 30.1 Å². The average molecular weight is 342 g/mol. The summed E-state index contributed by atoms with van der Waals surface area (Å²) in [5.74, 6) is 0.693. The van der Waals surface area contributed by atoms with Crippen molar-refractivity contribution >= 4 is 22.8 Å². The van der Waals surface area contributed by atoms with Gasteiger partial charge in [-0.1, -0.05) is 25.5 Å². The van der Waals surface area contributed by atoms with E-state index in [1.807, 2.05) is 29.2 Å². The molecular formula is C19H26N4O2. The molecule has 6 nitrogen and oxygen atoms in total. The van der Waals surface area contributed by atoms with Gasteiger partial charge in [-0.2, -0.15) is 0 Å². The second-order valence-corrected chi connectivity index (χ2v) is 6.83. The van der Waals surface area contributed by atoms with Crippen molar-refractivity contribution in [2.24, 2.45) is 5.92 Å². The maximum Gasteiger partial charge on any atom is 0.225 e. The summed E-state index contributed by atoms with van der Waals surface area (Å²) in [5, 5.41) is 2.95. The molecule has 1 aliphatic heterocycles. The molecule has 0 spiro atoms. The number of para-hydroxylation sites is 2. The number of likely N-dealkylation sites (tertiary alicyclic amines) is 1. The lowest BCUT2D eigenvalue weighted by molar-refractivity contribution is -0.130. The van der Waals surface area contributed by atoms with Crippen molar-refractivity contribution in [2.45, 2.75) is 45.6 Å². The van der Waals surface area contributed by atoms with Crippen LogP contribution in [-0.2, 0) is 16.0 Å². The zero-order valence-corrected chi connectivity index (χ0v) is 14.9. The van der Waals surface area contributed by atoms with Gasteiger partial charge in [0.15, 0.2) is 0 Å². The average Bonchev–Trinajstić information content (AvgIpc) is 3.18. The van der Waals surface area contributed by atoms with Crippen LogP contribution in [-0.4, -0.2) is 45.8 Å². The third-order valence-corrected chi connectivity index (χ3v) is 4.87. The van der Waals surface area contributed by atoms with Gasteiger partial charge < -0.3 is 15.2 Å². The first-order valence-corrected chi connectivity index (χ1v) is 9.09. The number of carbonyl (C=O) groups excluding carboxylic acids is 2. The van der Waals surface area contributed by atoms with Crippen LogP contribution in [0.1, 0.15) is 38.9 Å². The van der Waals surface area contributed by atoms with E-state index in [0.717, 1.165) is 29.7 Å². The van der Waals surface area contributed by atoms with Crippen LogP contribution >= 0.6 is 0 Å². The first-order chi connectivity index (χ1) is 12.1. The summed E-state index contributed by atoms with van der Waals surface area (Å²) < 4.78 is 0. The second kappa shape index (κ2) is 7.68. The summed E-state index contributed by atoms with van der Waals surface area (Å²) in [6.45, 7) is 5.23. The predicted octanol–water partition coefficient (Wildman–Crippen LogP) is 2.26. The Morgan fingerprint density at radius 1 is 1.44 bits per heavy atom. The van der Waals surface area contributed by atoms with E-state index in [0.29, 0.717) is 25.9 Å². The number of hydrogen-bond acceptors (Lipinski definition) is 3. The maximum atomic E-state index is 12.4. The SMILES string of the molecule is CCCC(C)N1CC(C(=O)NCCc2nc3ccccc3[nH]2)CC1=O. The van der Waals surface area contributed by atoms with Gasteiger partial charge in [-0.15, -0.1) is 0 Å². The van der Waals surface area contributed by atoms with Crippen LogP contribution in [0.5, 0.6) is 0 Å². The Labute approximate surface area is 148 Å². The van der Waals surface area contributed by atoms with Crippen LogP contribution in [0.4, 0.5) is 0 Å². The molecule has 6 heteroatoms. The van der Waals surface area contributed by atoms with E-state index in [-0.39, 0.29) is 23.8 Å². The summed E-state index contributed by atoms with van der Waals surface area (Å²) in [7, 11) is 0. The molecule has 1 aromatic heterocycles. The van der Waals surface area contributed by atoms with Crippen molar-refractivity contribution < 1.29 is 9.59 Å². The summed E-state index contributed by atoms with van der Waals surface area (Å²) in [5.41, 5.74) is 1.94. The highest BCUT2D eigenvalue weighted by molar-refractivity contribution is 5.89. The minimum atomic E-state index is -0.234. The highest BCUT2D eigenvalue weighted by Gasteiger charge is 2.36. The van der Waals surface area contributed by atoms with Crippen LogP contribution in [0.3, 0.4) is 0 Å². The fourth-order valence-corrected chi connectivity index (χ4v) is 3.48. The van der Waals surface area contributed by atoms with E-state index < -0.39 is 0 Å². The van der Waals surface area contributed by atoms with E-state index >= 15 is 0 Å². The van der Waals surface area contributed by atoms with Crippen molar-refractivity contribution in [3.8, 4) is 0 Å². The van der Waals surface area contributed by atoms with Crippen molar-refractivity contribution in [2.75, 3.05) is 13.1 Å². The number of nitrogens with zero attached hydrogens (tertiary/aromatic N) is 2. The molecule has 0 saturated carbocycles. The maximum absolute atomic E-state index is 12.4. The Morgan fingerprint density at radius 2 is 2.24 bits per heavy atom. The minimum Gasteiger partial charge on any atom is -0.355 e. The fraction of sp³-hybridized carbons (Fsp3) is 0.526. The van der Waals surface area contributed by atoms with Gasteiger partial charge in [0.1, 0.15) is 5.82 Å². The van der Waals surface area contributed by atoms with E-state index in [9.17, 15) is 9.59 Å². The lowest BCUT2D eigenvalue weighted by Gasteiger charge is -2.24. The highest BCUT2D eigenvalue weighted by Crippen LogP contribution is 2.22. The van der Waals surface area contributed by atoms with Gasteiger partial charge in [0.05, 0.1) is 17.0 Å². The lowest BCUT2D eigenvalue weighted by Crippen LogP contribution is -2.37. The monoisotopic (exact) mass is 342 g/mol. The van der Waals surface area contributed by atoms with Gasteiger partial charge in [-0.3, -0.25) is 9.59 Å². The van der Waals surface area contributed by atoms with Gasteiger partial charge >= 0.3 is 0 Å². The van der Waals surface area contributed by atoms with Gasteiger partial charge in [0, 0.05) is 32.0 Å². The molecule has 0 bridgehead atoms. The van der Waals surface area contributed by atoms with Gasteiger partial charge in [0.2, 0.25) is 11.8 Å². The number of nitrogens with one attached hydrogen (secondary N) is 2. The summed E-state index contributed by atoms with van der Waals surface area (Å²) in [6, 6.07) is 8.09. The normalized spacial score (nSPS) is 18.7. The van der Waals surface area contributed by atoms with E-state index in [1.54, 1.807) is 0 Å². The quantitative estimate of drug-likeness (QED) is 0.810. The van der Waals surface area contributed by atoms with Crippen molar-refractivity contribution in [3.63, 3.8) is 0 Å². The third-order valence-electron chi connectivity index (χ3n) is 4.87. The van der Waals surface area contributed by atoms with E-state index in [2.05, 4.69) is 29.1 Å². The number of fused-ring (bicyclic) bond motifs is 1. The molecule has 1 aromatic carbocycles. The van der Waals surface area contributed by atoms with E-state index in [1.165, 1.54) is 0 Å². The number of benzene rings is 1. The molecule has 1 aliphatic rings. The van der Waals surface area contributed by atoms with Crippen LogP contribution in [0, 0.1) is 5.92 Å². The van der Waals surface area contributed by atoms with Crippen LogP contribution in [0.25, 0.3) is 11.0 Å². The Hall–Kier alpha value is -2.37. The molecule has 1 fully saturated rings. The van der Waals surface area contributed by atoms with Crippen molar-refractivity contribution in [1.29, 1.82) is 0 Å². The molecular weight excluding hydrogens is 316 g/mol. The molecule has 0 aliphatic carbocycles. The minimum absolute atomic E-state index is 0.0318. The zero-order valence-electron chi connectivity index (χ0n) is 14.9. The Balaban J connectivity index is 1.48. The topological polar surface area (TPSA) is 78.1 Å². The largest absolute Gasteiger partial charge is 0.355 e. The number of aromatic amines is 1. The van der Waals surface area contributed by atoms with Gasteiger partial charge in [-0.05, 0) is 25.5 Å². The Morgan fingerprint density at radius 3 is 3.00 bits per heavy atom. The lowest BCUT2D eigenvalue weighted by atomic mass is 10.1. The fourth-order valence-electron chi connectivity index (χ4n) is 3.48. The zero-order chi connectivity index (χ0) is 17.8. The Kier molecular flexibility index (Phi) is 5.36. The summed E-state index contributed by atoms with van der Waals surface area (Å²) in [4.78, 5) is 34.1. The van der Waals surface area contributed by atoms with E-state index in [4.69, 9.17) is 0 Å².